The van der Waals surface area contributed by atoms with Gasteiger partial charge in [0.2, 0.25) is 5.91 Å². The van der Waals surface area contributed by atoms with Gasteiger partial charge in [-0.2, -0.15) is 0 Å². The first-order valence-corrected chi connectivity index (χ1v) is 16.2. The first-order chi connectivity index (χ1) is 20.3. The van der Waals surface area contributed by atoms with Crippen LogP contribution in [0.1, 0.15) is 32.8 Å². The van der Waals surface area contributed by atoms with Gasteiger partial charge in [0.25, 0.3) is 15.6 Å². The fourth-order valence-electron chi connectivity index (χ4n) is 4.56. The number of hydrogen-bond donors (Lipinski definition) is 6. The second kappa shape index (κ2) is 11.3. The maximum Gasteiger partial charge on any atom is 0.267 e. The van der Waals surface area contributed by atoms with Crippen LogP contribution in [0.2, 0.25) is 0 Å². The zero-order chi connectivity index (χ0) is 31.1. The van der Waals surface area contributed by atoms with Crippen LogP contribution in [0.15, 0.2) is 79.8 Å². The van der Waals surface area contributed by atoms with E-state index in [1.165, 1.54) is 60.2 Å². The van der Waals surface area contributed by atoms with Gasteiger partial charge in [-0.05, 0) is 66.9 Å². The SMILES string of the molecule is CC(=O)Nc1ccc(S(=O)(=O)Nc2ccc3c(c2)S(O)(O)N=C(c2c(O)c4cccnc4n(CCC(C)C)c2=O)N3)cc1. The van der Waals surface area contributed by atoms with Gasteiger partial charge in [-0.15, -0.1) is 4.40 Å². The first-order valence-electron chi connectivity index (χ1n) is 13.2. The molecule has 0 fully saturated rings. The van der Waals surface area contributed by atoms with Crippen LogP contribution >= 0.6 is 10.8 Å². The normalized spacial score (nSPS) is 14.9. The molecule has 43 heavy (non-hydrogen) atoms. The van der Waals surface area contributed by atoms with Gasteiger partial charge in [0.05, 0.1) is 21.7 Å². The molecule has 1 aliphatic heterocycles. The molecule has 226 valence electrons. The van der Waals surface area contributed by atoms with Crippen LogP contribution in [0.5, 0.6) is 5.75 Å². The van der Waals surface area contributed by atoms with E-state index in [0.29, 0.717) is 29.7 Å². The second-order valence-electron chi connectivity index (χ2n) is 10.3. The number of aromatic hydroxyl groups is 1. The lowest BCUT2D eigenvalue weighted by atomic mass is 10.1. The van der Waals surface area contributed by atoms with E-state index in [1.54, 1.807) is 12.1 Å². The van der Waals surface area contributed by atoms with Gasteiger partial charge in [-0.25, -0.2) is 13.4 Å². The molecular formula is C28H30N6O7S2. The Hall–Kier alpha value is -4.44. The molecule has 0 saturated heterocycles. The zero-order valence-electron chi connectivity index (χ0n) is 23.4. The molecule has 2 aromatic heterocycles. The molecule has 1 aliphatic rings. The van der Waals surface area contributed by atoms with Crippen molar-refractivity contribution in [3.05, 3.63) is 76.7 Å². The van der Waals surface area contributed by atoms with E-state index < -0.39 is 32.1 Å². The number of benzene rings is 2. The van der Waals surface area contributed by atoms with Crippen molar-refractivity contribution in [1.29, 1.82) is 0 Å². The zero-order valence-corrected chi connectivity index (χ0v) is 25.0. The van der Waals surface area contributed by atoms with Gasteiger partial charge in [-0.3, -0.25) is 28.0 Å². The Morgan fingerprint density at radius 2 is 1.79 bits per heavy atom. The molecule has 5 rings (SSSR count). The molecule has 0 unspecified atom stereocenters. The van der Waals surface area contributed by atoms with E-state index >= 15 is 0 Å². The average molecular weight is 627 g/mol. The van der Waals surface area contributed by atoms with Crippen LogP contribution in [-0.4, -0.2) is 43.9 Å². The largest absolute Gasteiger partial charge is 0.506 e. The molecule has 1 amide bonds. The number of rotatable bonds is 8. The molecule has 0 radical (unpaired) electrons. The lowest BCUT2D eigenvalue weighted by Gasteiger charge is -2.34. The molecular weight excluding hydrogens is 596 g/mol. The van der Waals surface area contributed by atoms with E-state index in [0.717, 1.165) is 0 Å². The third-order valence-electron chi connectivity index (χ3n) is 6.65. The number of anilines is 3. The van der Waals surface area contributed by atoms with Gasteiger partial charge in [0.15, 0.2) is 5.84 Å². The maximum atomic E-state index is 13.6. The van der Waals surface area contributed by atoms with E-state index in [1.807, 2.05) is 13.8 Å². The summed E-state index contributed by atoms with van der Waals surface area (Å²) in [5.41, 5.74) is 0.0477. The fourth-order valence-corrected chi connectivity index (χ4v) is 6.80. The minimum atomic E-state index is -4.08. The van der Waals surface area contributed by atoms with Crippen molar-refractivity contribution in [2.75, 3.05) is 15.4 Å². The maximum absolute atomic E-state index is 13.6. The highest BCUT2D eigenvalue weighted by atomic mass is 32.3. The summed E-state index contributed by atoms with van der Waals surface area (Å²) in [7, 11) is -8.03. The number of amidine groups is 1. The van der Waals surface area contributed by atoms with E-state index in [-0.39, 0.29) is 44.4 Å². The molecule has 0 atom stereocenters. The van der Waals surface area contributed by atoms with Crippen LogP contribution in [0.3, 0.4) is 0 Å². The number of nitrogens with one attached hydrogen (secondary N) is 3. The van der Waals surface area contributed by atoms with Gasteiger partial charge >= 0.3 is 0 Å². The monoisotopic (exact) mass is 626 g/mol. The minimum Gasteiger partial charge on any atom is -0.506 e. The van der Waals surface area contributed by atoms with E-state index in [9.17, 15) is 32.2 Å². The summed E-state index contributed by atoms with van der Waals surface area (Å²) >= 11 is 0. The quantitative estimate of drug-likeness (QED) is 0.159. The van der Waals surface area contributed by atoms with Crippen LogP contribution in [0, 0.1) is 5.92 Å². The number of aromatic nitrogens is 2. The van der Waals surface area contributed by atoms with Crippen molar-refractivity contribution in [3.8, 4) is 5.75 Å². The predicted octanol–water partition coefficient (Wildman–Crippen LogP) is 4.80. The van der Waals surface area contributed by atoms with Crippen molar-refractivity contribution < 1.29 is 27.4 Å². The van der Waals surface area contributed by atoms with Crippen LogP contribution in [-0.2, 0) is 21.4 Å². The molecule has 0 spiro atoms. The summed E-state index contributed by atoms with van der Waals surface area (Å²) in [6, 6.07) is 12.8. The first kappa shape index (κ1) is 30.0. The number of fused-ring (bicyclic) bond motifs is 2. The van der Waals surface area contributed by atoms with Gasteiger partial charge in [0.1, 0.15) is 21.9 Å². The van der Waals surface area contributed by atoms with Crippen molar-refractivity contribution in [1.82, 2.24) is 9.55 Å². The fraction of sp³-hybridized carbons (Fsp3) is 0.214. The number of carbonyl (C=O) groups is 1. The lowest BCUT2D eigenvalue weighted by molar-refractivity contribution is -0.114. The Labute approximate surface area is 248 Å². The molecule has 0 saturated carbocycles. The highest BCUT2D eigenvalue weighted by Gasteiger charge is 2.31. The number of pyridine rings is 2. The molecule has 15 heteroatoms. The summed E-state index contributed by atoms with van der Waals surface area (Å²) in [5, 5.41) is 16.9. The summed E-state index contributed by atoms with van der Waals surface area (Å²) in [4.78, 5) is 29.0. The second-order valence-corrected chi connectivity index (χ2v) is 13.7. The summed E-state index contributed by atoms with van der Waals surface area (Å²) in [5.74, 6) is -0.674. The van der Waals surface area contributed by atoms with Crippen molar-refractivity contribution in [2.45, 2.75) is 43.5 Å². The molecule has 0 bridgehead atoms. The molecule has 13 nitrogen and oxygen atoms in total. The number of sulfonamides is 1. The third-order valence-corrected chi connectivity index (χ3v) is 9.41. The molecule has 4 aromatic rings. The highest BCUT2D eigenvalue weighted by molar-refractivity contribution is 8.23. The van der Waals surface area contributed by atoms with Crippen LogP contribution in [0.4, 0.5) is 17.1 Å². The van der Waals surface area contributed by atoms with Crippen molar-refractivity contribution in [2.24, 2.45) is 10.3 Å². The molecule has 2 aromatic carbocycles. The Morgan fingerprint density at radius 1 is 1.09 bits per heavy atom. The number of hydrogen-bond acceptors (Lipinski definition) is 10. The average Bonchev–Trinajstić information content (AvgIpc) is 2.93. The highest BCUT2D eigenvalue weighted by Crippen LogP contribution is 2.56. The summed E-state index contributed by atoms with van der Waals surface area (Å²) in [6.07, 6.45) is 2.18. The van der Waals surface area contributed by atoms with Crippen molar-refractivity contribution >= 4 is 60.6 Å². The Morgan fingerprint density at radius 3 is 2.47 bits per heavy atom. The summed E-state index contributed by atoms with van der Waals surface area (Å²) in [6.45, 7) is 5.68. The van der Waals surface area contributed by atoms with Gasteiger partial charge in [0, 0.05) is 25.4 Å². The standard InChI is InChI=1S/C28H30N6O7S2/c1-16(2)12-14-34-27-21(5-4-13-29-27)25(36)24(28(34)37)26-31-22-11-8-19(15-23(22)43(40,41)33-26)32-42(38,39)20-9-6-18(7-10-20)30-17(3)35/h4-11,13,15-16,32,36,40-41H,12,14H2,1-3H3,(H,30,35)(H,31,33). The van der Waals surface area contributed by atoms with Gasteiger partial charge in [-0.1, -0.05) is 24.6 Å². The Bertz CT molecular complexity index is 1940. The third kappa shape index (κ3) is 6.06. The minimum absolute atomic E-state index is 0.0285. The number of amides is 1. The smallest absolute Gasteiger partial charge is 0.267 e. The van der Waals surface area contributed by atoms with Crippen LogP contribution in [0.25, 0.3) is 11.0 Å². The topological polar surface area (TPSA) is 195 Å². The molecule has 0 aliphatic carbocycles. The van der Waals surface area contributed by atoms with Crippen molar-refractivity contribution in [3.63, 3.8) is 0 Å². The lowest BCUT2D eigenvalue weighted by Crippen LogP contribution is -2.32. The Kier molecular flexibility index (Phi) is 7.91. The molecule has 3 heterocycles. The number of carbonyl (C=O) groups excluding carboxylic acids is 1. The molecule has 6 N–H and O–H groups in total. The summed E-state index contributed by atoms with van der Waals surface area (Å²) < 4.78 is 55.9. The van der Waals surface area contributed by atoms with Crippen LogP contribution < -0.4 is 20.9 Å². The number of aryl methyl sites for hydroxylation is 1. The Balaban J connectivity index is 1.49. The number of nitrogens with zero attached hydrogens (tertiary/aromatic N) is 3. The van der Waals surface area contributed by atoms with E-state index in [2.05, 4.69) is 24.7 Å². The van der Waals surface area contributed by atoms with E-state index in [4.69, 9.17) is 0 Å². The predicted molar refractivity (Wildman–Crippen MR) is 166 cm³/mol. The van der Waals surface area contributed by atoms with Gasteiger partial charge < -0.3 is 15.7 Å².